The second kappa shape index (κ2) is 8.91. The third kappa shape index (κ3) is 5.59. The van der Waals surface area contributed by atoms with Crippen molar-refractivity contribution >= 4 is 18.3 Å². The first kappa shape index (κ1) is 17.9. The lowest BCUT2D eigenvalue weighted by Crippen LogP contribution is -2.45. The fourth-order valence-electron chi connectivity index (χ4n) is 1.52. The van der Waals surface area contributed by atoms with Gasteiger partial charge in [-0.15, -0.1) is 12.4 Å². The molecule has 19 heavy (non-hydrogen) atoms. The van der Waals surface area contributed by atoms with E-state index in [9.17, 15) is 4.79 Å². The molecule has 0 saturated carbocycles. The Kier molecular flexibility index (Phi) is 8.39. The van der Waals surface area contributed by atoms with Crippen LogP contribution in [-0.4, -0.2) is 24.1 Å². The number of hydrogen-bond acceptors (Lipinski definition) is 3. The summed E-state index contributed by atoms with van der Waals surface area (Å²) in [5.74, 6) is -0.0273. The van der Waals surface area contributed by atoms with Gasteiger partial charge in [-0.3, -0.25) is 9.63 Å². The molecule has 4 nitrogen and oxygen atoms in total. The lowest BCUT2D eigenvalue weighted by atomic mass is 9.99. The van der Waals surface area contributed by atoms with Crippen LogP contribution >= 0.6 is 12.4 Å². The molecule has 0 saturated heterocycles. The van der Waals surface area contributed by atoms with Crippen molar-refractivity contribution < 1.29 is 9.63 Å². The van der Waals surface area contributed by atoms with Crippen LogP contribution in [0.25, 0.3) is 0 Å². The van der Waals surface area contributed by atoms with Crippen molar-refractivity contribution in [1.29, 1.82) is 0 Å². The Labute approximate surface area is 121 Å². The minimum absolute atomic E-state index is 0. The second-order valence-corrected chi connectivity index (χ2v) is 4.51. The van der Waals surface area contributed by atoms with Crippen LogP contribution in [0, 0.1) is 5.92 Å². The highest BCUT2D eigenvalue weighted by Gasteiger charge is 2.23. The number of carbonyl (C=O) groups is 1. The number of nitrogens with zero attached hydrogens (tertiary/aromatic N) is 1. The third-order valence-electron chi connectivity index (χ3n) is 3.12. The van der Waals surface area contributed by atoms with E-state index in [2.05, 4.69) is 0 Å². The van der Waals surface area contributed by atoms with E-state index in [1.165, 1.54) is 5.06 Å². The maximum atomic E-state index is 11.9. The van der Waals surface area contributed by atoms with E-state index in [0.29, 0.717) is 6.61 Å². The summed E-state index contributed by atoms with van der Waals surface area (Å²) in [7, 11) is 1.60. The molecule has 0 aliphatic heterocycles. The van der Waals surface area contributed by atoms with Crippen LogP contribution in [0.4, 0.5) is 0 Å². The molecule has 1 rings (SSSR count). The molecule has 1 aromatic carbocycles. The summed E-state index contributed by atoms with van der Waals surface area (Å²) in [6, 6.07) is 9.21. The highest BCUT2D eigenvalue weighted by atomic mass is 35.5. The van der Waals surface area contributed by atoms with Crippen LogP contribution in [0.15, 0.2) is 30.3 Å². The van der Waals surface area contributed by atoms with Gasteiger partial charge in [-0.05, 0) is 11.5 Å². The van der Waals surface area contributed by atoms with Crippen LogP contribution in [0.1, 0.15) is 25.8 Å². The monoisotopic (exact) mass is 286 g/mol. The summed E-state index contributed by atoms with van der Waals surface area (Å²) < 4.78 is 0. The molecule has 0 unspecified atom stereocenters. The molecule has 1 amide bonds. The number of rotatable bonds is 6. The highest BCUT2D eigenvalue weighted by Crippen LogP contribution is 2.09. The zero-order valence-electron chi connectivity index (χ0n) is 11.7. The quantitative estimate of drug-likeness (QED) is 0.817. The number of amides is 1. The zero-order chi connectivity index (χ0) is 13.5. The normalized spacial score (nSPS) is 13.3. The second-order valence-electron chi connectivity index (χ2n) is 4.51. The average Bonchev–Trinajstić information content (AvgIpc) is 2.43. The fourth-order valence-corrected chi connectivity index (χ4v) is 1.52. The first-order chi connectivity index (χ1) is 8.56. The highest BCUT2D eigenvalue weighted by molar-refractivity contribution is 5.85. The summed E-state index contributed by atoms with van der Waals surface area (Å²) >= 11 is 0. The van der Waals surface area contributed by atoms with E-state index < -0.39 is 6.04 Å². The molecular formula is C14H23ClN2O2. The Morgan fingerprint density at radius 2 is 1.95 bits per heavy atom. The summed E-state index contributed by atoms with van der Waals surface area (Å²) in [6.45, 7) is 4.35. The molecule has 0 aliphatic rings. The summed E-state index contributed by atoms with van der Waals surface area (Å²) in [6.07, 6.45) is 0.874. The van der Waals surface area contributed by atoms with Crippen molar-refractivity contribution in [3.8, 4) is 0 Å². The predicted octanol–water partition coefficient (Wildman–Crippen LogP) is 2.37. The molecule has 108 valence electrons. The Bertz CT molecular complexity index is 373. The molecule has 2 N–H and O–H groups in total. The van der Waals surface area contributed by atoms with Crippen molar-refractivity contribution in [3.05, 3.63) is 35.9 Å². The summed E-state index contributed by atoms with van der Waals surface area (Å²) in [5, 5.41) is 1.24. The molecule has 0 radical (unpaired) electrons. The Morgan fingerprint density at radius 3 is 2.47 bits per heavy atom. The molecule has 0 bridgehead atoms. The first-order valence-electron chi connectivity index (χ1n) is 6.26. The van der Waals surface area contributed by atoms with Gasteiger partial charge in [-0.2, -0.15) is 0 Å². The fraction of sp³-hybridized carbons (Fsp3) is 0.500. The number of benzene rings is 1. The van der Waals surface area contributed by atoms with Crippen LogP contribution in [-0.2, 0) is 16.2 Å². The largest absolute Gasteiger partial charge is 0.320 e. The van der Waals surface area contributed by atoms with Crippen LogP contribution in [0.2, 0.25) is 0 Å². The van der Waals surface area contributed by atoms with E-state index in [1.807, 2.05) is 44.2 Å². The Balaban J connectivity index is 0.00000324. The third-order valence-corrected chi connectivity index (χ3v) is 3.12. The number of hydroxylamine groups is 2. The molecule has 0 aromatic heterocycles. The minimum Gasteiger partial charge on any atom is -0.320 e. The number of likely N-dealkylation sites (N-methyl/N-ethyl adjacent to an activating group) is 1. The molecule has 2 atom stereocenters. The smallest absolute Gasteiger partial charge is 0.263 e. The topological polar surface area (TPSA) is 55.6 Å². The van der Waals surface area contributed by atoms with Gasteiger partial charge in [0.1, 0.15) is 6.61 Å². The van der Waals surface area contributed by atoms with Gasteiger partial charge in [0.05, 0.1) is 6.04 Å². The Morgan fingerprint density at radius 1 is 1.37 bits per heavy atom. The number of carbonyl (C=O) groups excluding carboxylic acids is 1. The van der Waals surface area contributed by atoms with Crippen molar-refractivity contribution in [2.75, 3.05) is 7.05 Å². The van der Waals surface area contributed by atoms with Crippen molar-refractivity contribution in [3.63, 3.8) is 0 Å². The van der Waals surface area contributed by atoms with E-state index in [0.717, 1.165) is 12.0 Å². The maximum absolute atomic E-state index is 11.9. The molecule has 0 aliphatic carbocycles. The van der Waals surface area contributed by atoms with Crippen molar-refractivity contribution in [1.82, 2.24) is 5.06 Å². The average molecular weight is 287 g/mol. The summed E-state index contributed by atoms with van der Waals surface area (Å²) in [5.41, 5.74) is 6.89. The van der Waals surface area contributed by atoms with Gasteiger partial charge < -0.3 is 5.73 Å². The van der Waals surface area contributed by atoms with Crippen molar-refractivity contribution in [2.45, 2.75) is 32.9 Å². The SMILES string of the molecule is CC[C@H](C)[C@H](N)C(=O)N(C)OCc1ccccc1.Cl. The lowest BCUT2D eigenvalue weighted by molar-refractivity contribution is -0.185. The molecular weight excluding hydrogens is 264 g/mol. The van der Waals surface area contributed by atoms with Crippen LogP contribution < -0.4 is 5.73 Å². The van der Waals surface area contributed by atoms with Crippen LogP contribution in [0.5, 0.6) is 0 Å². The van der Waals surface area contributed by atoms with E-state index in [-0.39, 0.29) is 24.2 Å². The summed E-state index contributed by atoms with van der Waals surface area (Å²) in [4.78, 5) is 17.3. The van der Waals surface area contributed by atoms with E-state index in [4.69, 9.17) is 10.6 Å². The van der Waals surface area contributed by atoms with Crippen molar-refractivity contribution in [2.24, 2.45) is 11.7 Å². The molecule has 0 spiro atoms. The predicted molar refractivity (Wildman–Crippen MR) is 78.7 cm³/mol. The lowest BCUT2D eigenvalue weighted by Gasteiger charge is -2.23. The first-order valence-corrected chi connectivity index (χ1v) is 6.26. The van der Waals surface area contributed by atoms with Gasteiger partial charge in [0.2, 0.25) is 0 Å². The number of nitrogens with two attached hydrogens (primary N) is 1. The van der Waals surface area contributed by atoms with Gasteiger partial charge in [-0.25, -0.2) is 5.06 Å². The van der Waals surface area contributed by atoms with Gasteiger partial charge in [0, 0.05) is 7.05 Å². The van der Waals surface area contributed by atoms with Crippen LogP contribution in [0.3, 0.4) is 0 Å². The molecule has 5 heteroatoms. The molecule has 0 fully saturated rings. The van der Waals surface area contributed by atoms with Gasteiger partial charge in [-0.1, -0.05) is 50.6 Å². The Hall–Kier alpha value is -1.10. The zero-order valence-corrected chi connectivity index (χ0v) is 12.5. The standard InChI is InChI=1S/C14H22N2O2.ClH/c1-4-11(2)13(15)14(17)16(3)18-10-12-8-6-5-7-9-12;/h5-9,11,13H,4,10,15H2,1-3H3;1H/t11-,13-;/m0./s1. The minimum atomic E-state index is -0.504. The van der Waals surface area contributed by atoms with Gasteiger partial charge in [0.15, 0.2) is 0 Å². The molecule has 1 aromatic rings. The van der Waals surface area contributed by atoms with Gasteiger partial charge >= 0.3 is 0 Å². The van der Waals surface area contributed by atoms with E-state index >= 15 is 0 Å². The molecule has 0 heterocycles. The van der Waals surface area contributed by atoms with Gasteiger partial charge in [0.25, 0.3) is 5.91 Å². The number of halogens is 1. The van der Waals surface area contributed by atoms with E-state index in [1.54, 1.807) is 7.05 Å². The number of hydrogen-bond donors (Lipinski definition) is 1. The maximum Gasteiger partial charge on any atom is 0.263 e.